The molecule has 2 N–H and O–H groups in total. The maximum Gasteiger partial charge on any atom is 0.335 e. The molecular formula is C27H24N2O5. The number of carbonyl (C=O) groups excluding carboxylic acids is 1. The van der Waals surface area contributed by atoms with Crippen molar-refractivity contribution in [3.63, 3.8) is 0 Å². The van der Waals surface area contributed by atoms with E-state index in [0.29, 0.717) is 22.7 Å². The molecule has 0 unspecified atom stereocenters. The summed E-state index contributed by atoms with van der Waals surface area (Å²) < 4.78 is 11.3. The molecule has 0 heterocycles. The van der Waals surface area contributed by atoms with Gasteiger partial charge in [0.15, 0.2) is 0 Å². The first kappa shape index (κ1) is 24.1. The summed E-state index contributed by atoms with van der Waals surface area (Å²) in [6.07, 6.45) is 1.50. The highest BCUT2D eigenvalue weighted by molar-refractivity contribution is 6.09. The van der Waals surface area contributed by atoms with Crippen LogP contribution < -0.4 is 14.8 Å². The number of amides is 1. The fourth-order valence-corrected chi connectivity index (χ4v) is 3.00. The Morgan fingerprint density at radius 1 is 1.03 bits per heavy atom. The molecule has 3 aromatic rings. The van der Waals surface area contributed by atoms with E-state index < -0.39 is 11.9 Å². The van der Waals surface area contributed by atoms with Gasteiger partial charge in [-0.05, 0) is 67.4 Å². The Morgan fingerprint density at radius 2 is 1.74 bits per heavy atom. The summed E-state index contributed by atoms with van der Waals surface area (Å²) in [7, 11) is 0. The summed E-state index contributed by atoms with van der Waals surface area (Å²) in [4.78, 5) is 23.5. The summed E-state index contributed by atoms with van der Waals surface area (Å²) >= 11 is 0. The van der Waals surface area contributed by atoms with Crippen molar-refractivity contribution in [2.75, 3.05) is 5.32 Å². The second kappa shape index (κ2) is 11.3. The number of nitrogens with one attached hydrogen (secondary N) is 1. The monoisotopic (exact) mass is 456 g/mol. The first-order valence-corrected chi connectivity index (χ1v) is 10.6. The van der Waals surface area contributed by atoms with Crippen molar-refractivity contribution >= 4 is 23.6 Å². The fourth-order valence-electron chi connectivity index (χ4n) is 3.00. The van der Waals surface area contributed by atoms with Crippen molar-refractivity contribution in [1.29, 1.82) is 5.26 Å². The van der Waals surface area contributed by atoms with E-state index >= 15 is 0 Å². The van der Waals surface area contributed by atoms with E-state index in [4.69, 9.17) is 14.6 Å². The molecule has 0 fully saturated rings. The molecule has 0 aromatic heterocycles. The molecule has 0 spiro atoms. The number of hydrogen-bond donors (Lipinski definition) is 2. The van der Waals surface area contributed by atoms with Gasteiger partial charge in [-0.25, -0.2) is 4.79 Å². The lowest BCUT2D eigenvalue weighted by atomic mass is 10.1. The van der Waals surface area contributed by atoms with E-state index in [-0.39, 0.29) is 23.8 Å². The summed E-state index contributed by atoms with van der Waals surface area (Å²) in [6, 6.07) is 22.3. The Hall–Kier alpha value is -4.57. The quantitative estimate of drug-likeness (QED) is 0.334. The number of hydrogen-bond acceptors (Lipinski definition) is 5. The molecule has 3 aromatic carbocycles. The minimum atomic E-state index is -0.977. The lowest BCUT2D eigenvalue weighted by Gasteiger charge is -2.11. The molecule has 1 amide bonds. The van der Waals surface area contributed by atoms with Gasteiger partial charge in [-0.2, -0.15) is 5.26 Å². The van der Waals surface area contributed by atoms with Gasteiger partial charge in [-0.15, -0.1) is 0 Å². The number of nitriles is 1. The average Bonchev–Trinajstić information content (AvgIpc) is 2.82. The van der Waals surface area contributed by atoms with Crippen molar-refractivity contribution in [2.45, 2.75) is 26.6 Å². The SMILES string of the molecule is CC(C)Oc1cccc(NC(=O)/C(C#N)=C\c2ccc(OCc3ccc(C(=O)O)cc3)cc2)c1. The Morgan fingerprint density at radius 3 is 2.35 bits per heavy atom. The van der Waals surface area contributed by atoms with Crippen LogP contribution >= 0.6 is 0 Å². The highest BCUT2D eigenvalue weighted by Crippen LogP contribution is 2.20. The van der Waals surface area contributed by atoms with Crippen LogP contribution in [0.15, 0.2) is 78.4 Å². The van der Waals surface area contributed by atoms with Crippen LogP contribution in [0.1, 0.15) is 35.3 Å². The molecule has 3 rings (SSSR count). The summed E-state index contributed by atoms with van der Waals surface area (Å²) in [5, 5.41) is 21.1. The second-order valence-electron chi connectivity index (χ2n) is 7.68. The molecule has 7 heteroatoms. The zero-order valence-electron chi connectivity index (χ0n) is 18.8. The number of benzene rings is 3. The van der Waals surface area contributed by atoms with Crippen molar-refractivity contribution in [1.82, 2.24) is 0 Å². The molecule has 0 bridgehead atoms. The van der Waals surface area contributed by atoms with Crippen molar-refractivity contribution in [3.8, 4) is 17.6 Å². The molecule has 0 aliphatic carbocycles. The van der Waals surface area contributed by atoms with Gasteiger partial charge >= 0.3 is 5.97 Å². The number of nitrogens with zero attached hydrogens (tertiary/aromatic N) is 1. The van der Waals surface area contributed by atoms with Crippen LogP contribution in [0.2, 0.25) is 0 Å². The number of aromatic carboxylic acids is 1. The van der Waals surface area contributed by atoms with E-state index in [2.05, 4.69) is 5.32 Å². The fraction of sp³-hybridized carbons (Fsp3) is 0.148. The van der Waals surface area contributed by atoms with Crippen molar-refractivity contribution in [2.24, 2.45) is 0 Å². The molecule has 0 aliphatic heterocycles. The number of carbonyl (C=O) groups is 2. The predicted octanol–water partition coefficient (Wildman–Crippen LogP) is 5.30. The minimum Gasteiger partial charge on any atom is -0.491 e. The molecule has 0 saturated heterocycles. The van der Waals surface area contributed by atoms with E-state index in [0.717, 1.165) is 5.56 Å². The van der Waals surface area contributed by atoms with Crippen LogP contribution in [0.5, 0.6) is 11.5 Å². The third kappa shape index (κ3) is 6.97. The smallest absolute Gasteiger partial charge is 0.335 e. The zero-order valence-corrected chi connectivity index (χ0v) is 18.8. The predicted molar refractivity (Wildman–Crippen MR) is 129 cm³/mol. The van der Waals surface area contributed by atoms with Gasteiger partial charge in [0.05, 0.1) is 11.7 Å². The molecule has 0 radical (unpaired) electrons. The Bertz CT molecular complexity index is 1220. The third-order valence-electron chi connectivity index (χ3n) is 4.63. The van der Waals surface area contributed by atoms with Crippen molar-refractivity contribution in [3.05, 3.63) is 95.1 Å². The van der Waals surface area contributed by atoms with Gasteiger partial charge in [0.25, 0.3) is 5.91 Å². The molecule has 34 heavy (non-hydrogen) atoms. The first-order valence-electron chi connectivity index (χ1n) is 10.6. The summed E-state index contributed by atoms with van der Waals surface area (Å²) in [6.45, 7) is 4.10. The van der Waals surface area contributed by atoms with Gasteiger partial charge in [-0.1, -0.05) is 30.3 Å². The standard InChI is InChI=1S/C27H24N2O5/c1-18(2)34-25-5-3-4-23(15-25)29-26(30)22(16-28)14-19-8-12-24(13-9-19)33-17-20-6-10-21(11-7-20)27(31)32/h3-15,18H,17H2,1-2H3,(H,29,30)(H,31,32)/b22-14-. The van der Waals surface area contributed by atoms with E-state index in [9.17, 15) is 14.9 Å². The molecule has 0 aliphatic rings. The van der Waals surface area contributed by atoms with Crippen molar-refractivity contribution < 1.29 is 24.2 Å². The van der Waals surface area contributed by atoms with Gasteiger partial charge in [0.1, 0.15) is 29.7 Å². The van der Waals surface area contributed by atoms with Gasteiger partial charge in [-0.3, -0.25) is 4.79 Å². The Labute approximate surface area is 197 Å². The van der Waals surface area contributed by atoms with Crippen LogP contribution in [-0.2, 0) is 11.4 Å². The number of rotatable bonds is 9. The summed E-state index contributed by atoms with van der Waals surface area (Å²) in [5.41, 5.74) is 2.21. The molecular weight excluding hydrogens is 432 g/mol. The lowest BCUT2D eigenvalue weighted by Crippen LogP contribution is -2.13. The Kier molecular flexibility index (Phi) is 8.03. The number of carboxylic acid groups (broad SMARTS) is 1. The molecule has 0 atom stereocenters. The molecule has 0 saturated carbocycles. The Balaban J connectivity index is 1.62. The summed E-state index contributed by atoms with van der Waals surface area (Å²) in [5.74, 6) is -0.266. The normalized spacial score (nSPS) is 10.9. The third-order valence-corrected chi connectivity index (χ3v) is 4.63. The zero-order chi connectivity index (χ0) is 24.5. The van der Waals surface area contributed by atoms with Gasteiger partial charge < -0.3 is 19.9 Å². The van der Waals surface area contributed by atoms with Gasteiger partial charge in [0.2, 0.25) is 0 Å². The first-order chi connectivity index (χ1) is 16.3. The minimum absolute atomic E-state index is 0.00459. The van der Waals surface area contributed by atoms with Gasteiger partial charge in [0, 0.05) is 11.8 Å². The lowest BCUT2D eigenvalue weighted by molar-refractivity contribution is -0.112. The highest BCUT2D eigenvalue weighted by atomic mass is 16.5. The number of carboxylic acids is 1. The topological polar surface area (TPSA) is 109 Å². The second-order valence-corrected chi connectivity index (χ2v) is 7.68. The molecule has 7 nitrogen and oxygen atoms in total. The van der Waals surface area contributed by atoms with Crippen LogP contribution in [0.3, 0.4) is 0 Å². The maximum atomic E-state index is 12.6. The molecule has 172 valence electrons. The van der Waals surface area contributed by atoms with E-state index in [1.165, 1.54) is 18.2 Å². The van der Waals surface area contributed by atoms with E-state index in [1.54, 1.807) is 60.7 Å². The van der Waals surface area contributed by atoms with Crippen LogP contribution in [0.25, 0.3) is 6.08 Å². The maximum absolute atomic E-state index is 12.6. The van der Waals surface area contributed by atoms with E-state index in [1.807, 2.05) is 19.9 Å². The van der Waals surface area contributed by atoms with Crippen LogP contribution in [-0.4, -0.2) is 23.1 Å². The average molecular weight is 456 g/mol. The number of anilines is 1. The number of ether oxygens (including phenoxy) is 2. The largest absolute Gasteiger partial charge is 0.491 e. The van der Waals surface area contributed by atoms with Crippen LogP contribution in [0, 0.1) is 11.3 Å². The van der Waals surface area contributed by atoms with Crippen LogP contribution in [0.4, 0.5) is 5.69 Å². The highest BCUT2D eigenvalue weighted by Gasteiger charge is 2.11.